The van der Waals surface area contributed by atoms with Crippen LogP contribution < -0.4 is 5.32 Å². The van der Waals surface area contributed by atoms with Crippen molar-refractivity contribution in [3.05, 3.63) is 0 Å². The lowest BCUT2D eigenvalue weighted by atomic mass is 10.0. The first-order valence-corrected chi connectivity index (χ1v) is 4.23. The molecule has 1 rings (SSSR count). The largest absolute Gasteiger partial charge is 0.388 e. The van der Waals surface area contributed by atoms with E-state index in [9.17, 15) is 15.0 Å². The minimum Gasteiger partial charge on any atom is -0.388 e. The van der Waals surface area contributed by atoms with E-state index < -0.39 is 12.2 Å². The van der Waals surface area contributed by atoms with Gasteiger partial charge in [0.1, 0.15) is 12.2 Å². The number of aliphatic hydroxyl groups excluding tert-OH is 2. The predicted molar refractivity (Wildman–Crippen MR) is 43.7 cm³/mol. The summed E-state index contributed by atoms with van der Waals surface area (Å²) in [6, 6.07) is -0.121. The van der Waals surface area contributed by atoms with Crippen molar-refractivity contribution >= 4 is 5.78 Å². The number of aliphatic hydroxyl groups is 2. The fourth-order valence-electron chi connectivity index (χ4n) is 1.46. The minimum atomic E-state index is -1.24. The maximum Gasteiger partial charge on any atom is 0.160 e. The van der Waals surface area contributed by atoms with Gasteiger partial charge < -0.3 is 15.5 Å². The van der Waals surface area contributed by atoms with E-state index in [1.54, 1.807) is 0 Å². The van der Waals surface area contributed by atoms with Crippen molar-refractivity contribution in [1.82, 2.24) is 5.32 Å². The van der Waals surface area contributed by atoms with Gasteiger partial charge in [-0.2, -0.15) is 0 Å². The topological polar surface area (TPSA) is 69.6 Å². The number of rotatable bonds is 3. The van der Waals surface area contributed by atoms with Crippen LogP contribution in [0, 0.1) is 0 Å². The molecule has 0 aromatic rings. The van der Waals surface area contributed by atoms with Gasteiger partial charge in [-0.25, -0.2) is 0 Å². The van der Waals surface area contributed by atoms with Crippen molar-refractivity contribution in [1.29, 1.82) is 0 Å². The summed E-state index contributed by atoms with van der Waals surface area (Å²) in [4.78, 5) is 10.7. The molecule has 1 saturated heterocycles. The Kier molecular flexibility index (Phi) is 3.20. The van der Waals surface area contributed by atoms with E-state index in [0.717, 1.165) is 19.4 Å². The van der Waals surface area contributed by atoms with Gasteiger partial charge in [0.2, 0.25) is 0 Å². The Balaban J connectivity index is 2.44. The fraction of sp³-hybridized carbons (Fsp3) is 0.875. The van der Waals surface area contributed by atoms with Gasteiger partial charge >= 0.3 is 0 Å². The molecular weight excluding hydrogens is 158 g/mol. The molecule has 0 aliphatic carbocycles. The highest BCUT2D eigenvalue weighted by Crippen LogP contribution is 2.12. The molecule has 1 heterocycles. The lowest BCUT2D eigenvalue weighted by molar-refractivity contribution is -0.131. The van der Waals surface area contributed by atoms with E-state index in [4.69, 9.17) is 0 Å². The molecule has 0 amide bonds. The van der Waals surface area contributed by atoms with Crippen molar-refractivity contribution in [3.8, 4) is 0 Å². The van der Waals surface area contributed by atoms with Crippen LogP contribution in [0.1, 0.15) is 19.8 Å². The van der Waals surface area contributed by atoms with E-state index in [-0.39, 0.29) is 11.8 Å². The average molecular weight is 173 g/mol. The highest BCUT2D eigenvalue weighted by atomic mass is 16.3. The molecule has 0 aromatic carbocycles. The number of ketones is 1. The van der Waals surface area contributed by atoms with Crippen LogP contribution in [0.15, 0.2) is 0 Å². The number of carbonyl (C=O) groups excluding carboxylic acids is 1. The Hall–Kier alpha value is -0.450. The van der Waals surface area contributed by atoms with Crippen molar-refractivity contribution in [2.24, 2.45) is 0 Å². The molecule has 12 heavy (non-hydrogen) atoms. The summed E-state index contributed by atoms with van der Waals surface area (Å²) in [5, 5.41) is 21.7. The zero-order valence-electron chi connectivity index (χ0n) is 7.16. The lowest BCUT2D eigenvalue weighted by Gasteiger charge is -2.21. The normalized spacial score (nSPS) is 28.4. The second kappa shape index (κ2) is 3.98. The third-order valence-corrected chi connectivity index (χ3v) is 2.25. The summed E-state index contributed by atoms with van der Waals surface area (Å²) in [5.74, 6) is -0.379. The van der Waals surface area contributed by atoms with Gasteiger partial charge in [-0.1, -0.05) is 0 Å². The summed E-state index contributed by atoms with van der Waals surface area (Å²) >= 11 is 0. The zero-order valence-corrected chi connectivity index (χ0v) is 7.16. The van der Waals surface area contributed by atoms with Crippen LogP contribution in [-0.4, -0.2) is 40.8 Å². The molecule has 3 atom stereocenters. The smallest absolute Gasteiger partial charge is 0.160 e. The summed E-state index contributed by atoms with van der Waals surface area (Å²) in [5.41, 5.74) is 0. The maximum absolute atomic E-state index is 10.7. The monoisotopic (exact) mass is 173 g/mol. The second-order valence-corrected chi connectivity index (χ2v) is 3.25. The molecule has 0 aromatic heterocycles. The van der Waals surface area contributed by atoms with Crippen LogP contribution in [0.25, 0.3) is 0 Å². The van der Waals surface area contributed by atoms with E-state index >= 15 is 0 Å². The van der Waals surface area contributed by atoms with Gasteiger partial charge in [-0.05, 0) is 26.3 Å². The van der Waals surface area contributed by atoms with Crippen LogP contribution in [0.3, 0.4) is 0 Å². The number of nitrogens with one attached hydrogen (secondary N) is 1. The summed E-state index contributed by atoms with van der Waals surface area (Å²) in [6.07, 6.45) is -0.372. The molecule has 4 nitrogen and oxygen atoms in total. The molecule has 0 radical (unpaired) electrons. The Morgan fingerprint density at radius 2 is 2.25 bits per heavy atom. The Morgan fingerprint density at radius 1 is 1.58 bits per heavy atom. The first-order chi connectivity index (χ1) is 5.63. The van der Waals surface area contributed by atoms with Crippen molar-refractivity contribution in [2.75, 3.05) is 6.54 Å². The molecule has 0 spiro atoms. The Bertz CT molecular complexity index is 166. The molecule has 1 aliphatic rings. The number of carbonyl (C=O) groups is 1. The SMILES string of the molecule is CC(=O)C(O)C(O)C1CCCN1. The molecule has 1 fully saturated rings. The zero-order chi connectivity index (χ0) is 9.14. The Labute approximate surface area is 71.6 Å². The van der Waals surface area contributed by atoms with Crippen molar-refractivity contribution < 1.29 is 15.0 Å². The number of Topliss-reactive ketones (excluding diaryl/α,β-unsaturated/α-hetero) is 1. The Morgan fingerprint density at radius 3 is 2.67 bits per heavy atom. The number of hydrogen-bond donors (Lipinski definition) is 3. The molecule has 1 aliphatic heterocycles. The molecule has 3 N–H and O–H groups in total. The molecule has 0 bridgehead atoms. The van der Waals surface area contributed by atoms with Crippen molar-refractivity contribution in [2.45, 2.75) is 38.0 Å². The molecule has 0 saturated carbocycles. The van der Waals surface area contributed by atoms with E-state index in [1.165, 1.54) is 6.92 Å². The van der Waals surface area contributed by atoms with Gasteiger partial charge in [0.05, 0.1) is 0 Å². The van der Waals surface area contributed by atoms with E-state index in [0.29, 0.717) is 0 Å². The first kappa shape index (κ1) is 9.64. The average Bonchev–Trinajstić information content (AvgIpc) is 2.53. The summed E-state index contributed by atoms with van der Waals surface area (Å²) < 4.78 is 0. The third-order valence-electron chi connectivity index (χ3n) is 2.25. The lowest BCUT2D eigenvalue weighted by Crippen LogP contribution is -2.45. The highest BCUT2D eigenvalue weighted by molar-refractivity contribution is 5.80. The minimum absolute atomic E-state index is 0.121. The third kappa shape index (κ3) is 2.03. The van der Waals surface area contributed by atoms with Crippen LogP contribution in [0.5, 0.6) is 0 Å². The molecule has 4 heteroatoms. The van der Waals surface area contributed by atoms with Gasteiger partial charge in [0.25, 0.3) is 0 Å². The second-order valence-electron chi connectivity index (χ2n) is 3.25. The van der Waals surface area contributed by atoms with Crippen LogP contribution in [-0.2, 0) is 4.79 Å². The van der Waals surface area contributed by atoms with E-state index in [2.05, 4.69) is 5.32 Å². The summed E-state index contributed by atoms with van der Waals surface area (Å²) in [6.45, 7) is 2.13. The van der Waals surface area contributed by atoms with Gasteiger partial charge in [0.15, 0.2) is 5.78 Å². The molecule has 3 unspecified atom stereocenters. The van der Waals surface area contributed by atoms with Crippen molar-refractivity contribution in [3.63, 3.8) is 0 Å². The maximum atomic E-state index is 10.7. The van der Waals surface area contributed by atoms with Crippen LogP contribution in [0.4, 0.5) is 0 Å². The van der Waals surface area contributed by atoms with E-state index in [1.807, 2.05) is 0 Å². The standard InChI is InChI=1S/C8H15NO3/c1-5(10)7(11)8(12)6-3-2-4-9-6/h6-9,11-12H,2-4H2,1H3. The molecule has 70 valence electrons. The summed E-state index contributed by atoms with van der Waals surface area (Å²) in [7, 11) is 0. The van der Waals surface area contributed by atoms with Gasteiger partial charge in [-0.3, -0.25) is 4.79 Å². The quantitative estimate of drug-likeness (QED) is 0.514. The number of hydrogen-bond acceptors (Lipinski definition) is 4. The van der Waals surface area contributed by atoms with Crippen LogP contribution in [0.2, 0.25) is 0 Å². The predicted octanol–water partition coefficient (Wildman–Crippen LogP) is -0.951. The first-order valence-electron chi connectivity index (χ1n) is 4.23. The molecular formula is C8H15NO3. The van der Waals surface area contributed by atoms with Gasteiger partial charge in [-0.15, -0.1) is 0 Å². The van der Waals surface area contributed by atoms with Crippen LogP contribution >= 0.6 is 0 Å². The highest BCUT2D eigenvalue weighted by Gasteiger charge is 2.30. The fourth-order valence-corrected chi connectivity index (χ4v) is 1.46. The van der Waals surface area contributed by atoms with Gasteiger partial charge in [0, 0.05) is 6.04 Å².